The van der Waals surface area contributed by atoms with Crippen LogP contribution in [0.5, 0.6) is 0 Å². The van der Waals surface area contributed by atoms with E-state index >= 15 is 0 Å². The van der Waals surface area contributed by atoms with Crippen molar-refractivity contribution in [1.29, 1.82) is 0 Å². The van der Waals surface area contributed by atoms with Crippen LogP contribution in [0.4, 0.5) is 14.5 Å². The molecule has 0 spiro atoms. The van der Waals surface area contributed by atoms with Gasteiger partial charge in [0.1, 0.15) is 11.6 Å². The lowest BCUT2D eigenvalue weighted by Gasteiger charge is -2.32. The summed E-state index contributed by atoms with van der Waals surface area (Å²) in [4.78, 5) is 0. The quantitative estimate of drug-likeness (QED) is 0.827. The maximum Gasteiger partial charge on any atom is 0.149 e. The molecule has 1 aromatic carbocycles. The second kappa shape index (κ2) is 5.48. The van der Waals surface area contributed by atoms with Gasteiger partial charge in [-0.05, 0) is 30.9 Å². The molecule has 3 heteroatoms. The van der Waals surface area contributed by atoms with E-state index in [4.69, 9.17) is 0 Å². The van der Waals surface area contributed by atoms with E-state index in [0.29, 0.717) is 17.6 Å². The van der Waals surface area contributed by atoms with Crippen LogP contribution < -0.4 is 5.32 Å². The zero-order chi connectivity index (χ0) is 12.3. The standard InChI is InChI=1S/C14H19F2N/c1-2-10-5-3-4-6-13(10)17-14-8-7-11(15)9-12(14)16/h7-10,13,17H,2-6H2,1H3. The fourth-order valence-electron chi connectivity index (χ4n) is 2.69. The average molecular weight is 239 g/mol. The minimum absolute atomic E-state index is 0.328. The maximum atomic E-state index is 13.5. The first-order valence-electron chi connectivity index (χ1n) is 6.42. The van der Waals surface area contributed by atoms with Gasteiger partial charge in [0.25, 0.3) is 0 Å². The molecule has 0 aromatic heterocycles. The molecule has 1 nitrogen and oxygen atoms in total. The minimum Gasteiger partial charge on any atom is -0.380 e. The van der Waals surface area contributed by atoms with Crippen LogP contribution in [-0.4, -0.2) is 6.04 Å². The maximum absolute atomic E-state index is 13.5. The Hall–Kier alpha value is -1.12. The Labute approximate surface area is 101 Å². The van der Waals surface area contributed by atoms with Gasteiger partial charge in [0.05, 0.1) is 5.69 Å². The Bertz CT molecular complexity index is 378. The number of hydrogen-bond acceptors (Lipinski definition) is 1. The van der Waals surface area contributed by atoms with E-state index in [-0.39, 0.29) is 0 Å². The number of benzene rings is 1. The summed E-state index contributed by atoms with van der Waals surface area (Å²) in [5.74, 6) is -0.414. The van der Waals surface area contributed by atoms with Gasteiger partial charge in [-0.15, -0.1) is 0 Å². The molecule has 94 valence electrons. The fraction of sp³-hybridized carbons (Fsp3) is 0.571. The summed E-state index contributed by atoms with van der Waals surface area (Å²) in [5.41, 5.74) is 0.428. The average Bonchev–Trinajstić information content (AvgIpc) is 2.33. The molecule has 0 saturated heterocycles. The molecule has 0 heterocycles. The van der Waals surface area contributed by atoms with E-state index < -0.39 is 11.6 Å². The third kappa shape index (κ3) is 2.96. The number of anilines is 1. The predicted molar refractivity (Wildman–Crippen MR) is 66.0 cm³/mol. The molecule has 0 radical (unpaired) electrons. The summed E-state index contributed by atoms with van der Waals surface area (Å²) < 4.78 is 26.3. The van der Waals surface area contributed by atoms with E-state index in [9.17, 15) is 8.78 Å². The Morgan fingerprint density at radius 1 is 1.24 bits per heavy atom. The number of nitrogens with one attached hydrogen (secondary N) is 1. The molecule has 0 aliphatic heterocycles. The van der Waals surface area contributed by atoms with Crippen molar-refractivity contribution in [3.05, 3.63) is 29.8 Å². The highest BCUT2D eigenvalue weighted by atomic mass is 19.1. The van der Waals surface area contributed by atoms with Gasteiger partial charge in [-0.2, -0.15) is 0 Å². The first-order valence-corrected chi connectivity index (χ1v) is 6.42. The van der Waals surface area contributed by atoms with Crippen molar-refractivity contribution in [3.63, 3.8) is 0 Å². The molecule has 2 rings (SSSR count). The van der Waals surface area contributed by atoms with Gasteiger partial charge >= 0.3 is 0 Å². The van der Waals surface area contributed by atoms with Crippen LogP contribution in [0.2, 0.25) is 0 Å². The molecule has 0 amide bonds. The second-order valence-electron chi connectivity index (χ2n) is 4.83. The van der Waals surface area contributed by atoms with Crippen LogP contribution in [0.25, 0.3) is 0 Å². The predicted octanol–water partition coefficient (Wildman–Crippen LogP) is 4.35. The summed E-state index contributed by atoms with van der Waals surface area (Å²) in [6.45, 7) is 2.17. The topological polar surface area (TPSA) is 12.0 Å². The molecular weight excluding hydrogens is 220 g/mol. The van der Waals surface area contributed by atoms with E-state index in [1.165, 1.54) is 31.4 Å². The number of rotatable bonds is 3. The highest BCUT2D eigenvalue weighted by molar-refractivity contribution is 5.45. The van der Waals surface area contributed by atoms with Gasteiger partial charge < -0.3 is 5.32 Å². The van der Waals surface area contributed by atoms with Crippen molar-refractivity contribution >= 4 is 5.69 Å². The summed E-state index contributed by atoms with van der Waals surface area (Å²) in [6.07, 6.45) is 5.85. The van der Waals surface area contributed by atoms with Crippen molar-refractivity contribution in [2.24, 2.45) is 5.92 Å². The normalized spacial score (nSPS) is 24.6. The van der Waals surface area contributed by atoms with E-state index in [1.807, 2.05) is 0 Å². The summed E-state index contributed by atoms with van der Waals surface area (Å²) in [7, 11) is 0. The molecule has 17 heavy (non-hydrogen) atoms. The van der Waals surface area contributed by atoms with Crippen LogP contribution in [0.3, 0.4) is 0 Å². The number of hydrogen-bond donors (Lipinski definition) is 1. The van der Waals surface area contributed by atoms with Crippen molar-refractivity contribution in [2.75, 3.05) is 5.32 Å². The molecule has 1 saturated carbocycles. The zero-order valence-corrected chi connectivity index (χ0v) is 10.2. The lowest BCUT2D eigenvalue weighted by molar-refractivity contribution is 0.316. The molecule has 1 N–H and O–H groups in total. The van der Waals surface area contributed by atoms with Crippen LogP contribution in [-0.2, 0) is 0 Å². The molecule has 2 unspecified atom stereocenters. The SMILES string of the molecule is CCC1CCCCC1Nc1ccc(F)cc1F. The second-order valence-corrected chi connectivity index (χ2v) is 4.83. The summed E-state index contributed by atoms with van der Waals surface area (Å²) in [6, 6.07) is 4.06. The van der Waals surface area contributed by atoms with Gasteiger partial charge in [0, 0.05) is 12.1 Å². The third-order valence-electron chi connectivity index (χ3n) is 3.71. The Morgan fingerprint density at radius 2 is 2.00 bits per heavy atom. The van der Waals surface area contributed by atoms with Gasteiger partial charge in [-0.25, -0.2) is 8.78 Å². The molecule has 2 atom stereocenters. The van der Waals surface area contributed by atoms with Crippen molar-refractivity contribution in [2.45, 2.75) is 45.1 Å². The Balaban J connectivity index is 2.08. The van der Waals surface area contributed by atoms with Crippen molar-refractivity contribution in [1.82, 2.24) is 0 Å². The molecule has 1 fully saturated rings. The van der Waals surface area contributed by atoms with E-state index in [2.05, 4.69) is 12.2 Å². The summed E-state index contributed by atoms with van der Waals surface area (Å²) >= 11 is 0. The van der Waals surface area contributed by atoms with E-state index in [1.54, 1.807) is 0 Å². The van der Waals surface area contributed by atoms with Gasteiger partial charge in [-0.1, -0.05) is 26.2 Å². The zero-order valence-electron chi connectivity index (χ0n) is 10.2. The smallest absolute Gasteiger partial charge is 0.149 e. The van der Waals surface area contributed by atoms with Crippen LogP contribution in [0.15, 0.2) is 18.2 Å². The molecule has 1 aliphatic carbocycles. The highest BCUT2D eigenvalue weighted by Gasteiger charge is 2.24. The largest absolute Gasteiger partial charge is 0.380 e. The molecule has 0 bridgehead atoms. The van der Waals surface area contributed by atoms with Crippen molar-refractivity contribution in [3.8, 4) is 0 Å². The fourth-order valence-corrected chi connectivity index (χ4v) is 2.69. The number of halogens is 2. The Kier molecular flexibility index (Phi) is 3.97. The van der Waals surface area contributed by atoms with Gasteiger partial charge in [0.15, 0.2) is 0 Å². The van der Waals surface area contributed by atoms with Crippen LogP contribution in [0, 0.1) is 17.6 Å². The summed E-state index contributed by atoms with van der Waals surface area (Å²) in [5, 5.41) is 3.24. The lowest BCUT2D eigenvalue weighted by atomic mass is 9.83. The van der Waals surface area contributed by atoms with Crippen molar-refractivity contribution < 1.29 is 8.78 Å². The molecule has 1 aromatic rings. The minimum atomic E-state index is -0.524. The molecule has 1 aliphatic rings. The monoisotopic (exact) mass is 239 g/mol. The van der Waals surface area contributed by atoms with Crippen LogP contribution in [0.1, 0.15) is 39.0 Å². The van der Waals surface area contributed by atoms with E-state index in [0.717, 1.165) is 18.9 Å². The van der Waals surface area contributed by atoms with Crippen LogP contribution >= 0.6 is 0 Å². The highest BCUT2D eigenvalue weighted by Crippen LogP contribution is 2.30. The first-order chi connectivity index (χ1) is 8.20. The van der Waals surface area contributed by atoms with Gasteiger partial charge in [0.2, 0.25) is 0 Å². The van der Waals surface area contributed by atoms with Gasteiger partial charge in [-0.3, -0.25) is 0 Å². The first kappa shape index (κ1) is 12.3. The molecular formula is C14H19F2N. The Morgan fingerprint density at radius 3 is 2.71 bits per heavy atom. The lowest BCUT2D eigenvalue weighted by Crippen LogP contribution is -2.32. The third-order valence-corrected chi connectivity index (χ3v) is 3.71.